The third kappa shape index (κ3) is 6.79. The van der Waals surface area contributed by atoms with E-state index in [1.54, 1.807) is 13.8 Å². The molecule has 2 N–H and O–H groups in total. The molecule has 0 aliphatic heterocycles. The van der Waals surface area contributed by atoms with Crippen molar-refractivity contribution >= 4 is 35.6 Å². The Hall–Kier alpha value is -2.61. The van der Waals surface area contributed by atoms with Crippen molar-refractivity contribution in [2.45, 2.75) is 19.9 Å². The molecule has 23 heavy (non-hydrogen) atoms. The normalized spacial score (nSPS) is 10.6. The Morgan fingerprint density at radius 1 is 1.35 bits per heavy atom. The molecule has 0 fully saturated rings. The van der Waals surface area contributed by atoms with Crippen molar-refractivity contribution < 1.29 is 24.2 Å². The van der Waals surface area contributed by atoms with Gasteiger partial charge in [0.15, 0.2) is 0 Å². The summed E-state index contributed by atoms with van der Waals surface area (Å²) in [7, 11) is 0. The average molecular weight is 341 g/mol. The summed E-state index contributed by atoms with van der Waals surface area (Å²) in [4.78, 5) is 33.3. The number of hydrogen-bond acceptors (Lipinski definition) is 6. The zero-order valence-electron chi connectivity index (χ0n) is 12.5. The van der Waals surface area contributed by atoms with Crippen LogP contribution in [0.15, 0.2) is 23.3 Å². The van der Waals surface area contributed by atoms with Crippen molar-refractivity contribution in [2.24, 2.45) is 5.10 Å². The number of rotatable bonds is 6. The summed E-state index contributed by atoms with van der Waals surface area (Å²) >= 11 is 5.83. The molecule has 9 heteroatoms. The number of nitrogens with zero attached hydrogens (tertiary/aromatic N) is 1. The average Bonchev–Trinajstić information content (AvgIpc) is 2.45. The van der Waals surface area contributed by atoms with E-state index in [2.05, 4.69) is 10.4 Å². The lowest BCUT2D eigenvalue weighted by Crippen LogP contribution is -2.41. The second kappa shape index (κ2) is 8.74. The highest BCUT2D eigenvalue weighted by atomic mass is 35.5. The Kier molecular flexibility index (Phi) is 7.01. The van der Waals surface area contributed by atoms with Gasteiger partial charge in [-0.3, -0.25) is 9.59 Å². The molecule has 0 bridgehead atoms. The Bertz CT molecular complexity index is 631. The van der Waals surface area contributed by atoms with Crippen molar-refractivity contribution in [3.8, 4) is 5.75 Å². The fraction of sp³-hybridized carbons (Fsp3) is 0.286. The molecule has 0 radical (unpaired) electrons. The maximum Gasteiger partial charge on any atom is 0.329 e. The van der Waals surface area contributed by atoms with Crippen molar-refractivity contribution in [1.82, 2.24) is 10.7 Å². The fourth-order valence-electron chi connectivity index (χ4n) is 1.43. The first-order valence-corrected chi connectivity index (χ1v) is 6.93. The van der Waals surface area contributed by atoms with Crippen LogP contribution in [0, 0.1) is 0 Å². The molecule has 1 rings (SSSR count). The van der Waals surface area contributed by atoms with E-state index in [1.165, 1.54) is 24.4 Å². The highest BCUT2D eigenvalue weighted by Gasteiger charge is 2.13. The standard InChI is InChI=1S/C14H16ClN3O5/c1-8(2)17-13(21)14(22)18-16-6-9-5-10(15)3-4-11(9)23-7-12(19)20/h3-6,8H,7H2,1-2H3,(H,17,21)(H,18,22)(H,19,20)/p-1/b16-6-. The summed E-state index contributed by atoms with van der Waals surface area (Å²) in [5, 5.41) is 16.8. The van der Waals surface area contributed by atoms with Gasteiger partial charge in [0.1, 0.15) is 12.4 Å². The first-order chi connectivity index (χ1) is 10.8. The predicted octanol–water partition coefficient (Wildman–Crippen LogP) is -0.557. The van der Waals surface area contributed by atoms with Crippen LogP contribution in [0.3, 0.4) is 0 Å². The van der Waals surface area contributed by atoms with Gasteiger partial charge in [-0.1, -0.05) is 11.6 Å². The number of benzene rings is 1. The topological polar surface area (TPSA) is 120 Å². The minimum absolute atomic E-state index is 0.184. The minimum Gasteiger partial charge on any atom is -0.546 e. The van der Waals surface area contributed by atoms with Crippen LogP contribution in [-0.4, -0.2) is 36.6 Å². The van der Waals surface area contributed by atoms with Gasteiger partial charge in [-0.15, -0.1) is 0 Å². The summed E-state index contributed by atoms with van der Waals surface area (Å²) in [5.74, 6) is -2.96. The van der Waals surface area contributed by atoms with E-state index < -0.39 is 24.4 Å². The van der Waals surface area contributed by atoms with Crippen LogP contribution in [0.1, 0.15) is 19.4 Å². The van der Waals surface area contributed by atoms with Crippen LogP contribution in [0.25, 0.3) is 0 Å². The number of carboxylic acid groups (broad SMARTS) is 1. The quantitative estimate of drug-likeness (QED) is 0.409. The number of halogens is 1. The van der Waals surface area contributed by atoms with Gasteiger partial charge in [0, 0.05) is 16.6 Å². The molecule has 8 nitrogen and oxygen atoms in total. The number of carboxylic acids is 1. The Morgan fingerprint density at radius 2 is 2.04 bits per heavy atom. The summed E-state index contributed by atoms with van der Waals surface area (Å²) in [6, 6.07) is 4.21. The molecule has 0 aliphatic rings. The van der Waals surface area contributed by atoms with E-state index >= 15 is 0 Å². The molecule has 0 saturated carbocycles. The van der Waals surface area contributed by atoms with Gasteiger partial charge < -0.3 is 20.0 Å². The molecule has 124 valence electrons. The number of hydrazone groups is 1. The van der Waals surface area contributed by atoms with Gasteiger partial charge in [-0.05, 0) is 32.0 Å². The number of carbonyl (C=O) groups is 3. The van der Waals surface area contributed by atoms with Crippen LogP contribution in [-0.2, 0) is 14.4 Å². The maximum absolute atomic E-state index is 11.5. The van der Waals surface area contributed by atoms with E-state index in [0.717, 1.165) is 0 Å². The lowest BCUT2D eigenvalue weighted by atomic mass is 10.2. The van der Waals surface area contributed by atoms with Crippen LogP contribution < -0.4 is 20.6 Å². The molecule has 0 aliphatic carbocycles. The van der Waals surface area contributed by atoms with Crippen LogP contribution in [0.2, 0.25) is 5.02 Å². The largest absolute Gasteiger partial charge is 0.546 e. The van der Waals surface area contributed by atoms with Crippen molar-refractivity contribution in [3.63, 3.8) is 0 Å². The molecule has 0 spiro atoms. The molecule has 0 atom stereocenters. The molecule has 0 aromatic heterocycles. The summed E-state index contributed by atoms with van der Waals surface area (Å²) in [6.07, 6.45) is 1.18. The van der Waals surface area contributed by atoms with Gasteiger partial charge in [-0.25, -0.2) is 5.43 Å². The molecule has 0 saturated heterocycles. The highest BCUT2D eigenvalue weighted by molar-refractivity contribution is 6.35. The number of carbonyl (C=O) groups excluding carboxylic acids is 3. The first kappa shape index (κ1) is 18.4. The molecule has 2 amide bonds. The number of ether oxygens (including phenoxy) is 1. The minimum atomic E-state index is -1.39. The van der Waals surface area contributed by atoms with Gasteiger partial charge >= 0.3 is 11.8 Å². The summed E-state index contributed by atoms with van der Waals surface area (Å²) < 4.78 is 5.01. The Morgan fingerprint density at radius 3 is 2.65 bits per heavy atom. The van der Waals surface area contributed by atoms with Crippen molar-refractivity contribution in [2.75, 3.05) is 6.61 Å². The second-order valence-electron chi connectivity index (χ2n) is 4.67. The molecular weight excluding hydrogens is 326 g/mol. The number of aliphatic carboxylic acids is 1. The van der Waals surface area contributed by atoms with Gasteiger partial charge in [0.25, 0.3) is 0 Å². The van der Waals surface area contributed by atoms with E-state index in [0.29, 0.717) is 10.6 Å². The SMILES string of the molecule is CC(C)NC(=O)C(=O)N/N=C\c1cc(Cl)ccc1OCC(=O)[O-]. The molecular formula is C14H15ClN3O5-. The van der Waals surface area contributed by atoms with Gasteiger partial charge in [0.2, 0.25) is 0 Å². The Balaban J connectivity index is 2.75. The molecule has 0 unspecified atom stereocenters. The van der Waals surface area contributed by atoms with Crippen molar-refractivity contribution in [3.05, 3.63) is 28.8 Å². The van der Waals surface area contributed by atoms with E-state index in [1.807, 2.05) is 5.43 Å². The molecule has 1 aromatic carbocycles. The summed E-state index contributed by atoms with van der Waals surface area (Å²) in [5.41, 5.74) is 2.36. The number of hydrogen-bond donors (Lipinski definition) is 2. The predicted molar refractivity (Wildman–Crippen MR) is 81.0 cm³/mol. The van der Waals surface area contributed by atoms with Gasteiger partial charge in [-0.2, -0.15) is 5.10 Å². The van der Waals surface area contributed by atoms with Crippen molar-refractivity contribution in [1.29, 1.82) is 0 Å². The lowest BCUT2D eigenvalue weighted by Gasteiger charge is -2.10. The number of nitrogens with one attached hydrogen (secondary N) is 2. The first-order valence-electron chi connectivity index (χ1n) is 6.55. The van der Waals surface area contributed by atoms with Crippen LogP contribution >= 0.6 is 11.6 Å². The number of amides is 2. The highest BCUT2D eigenvalue weighted by Crippen LogP contribution is 2.21. The Labute approximate surface area is 137 Å². The zero-order chi connectivity index (χ0) is 17.4. The van der Waals surface area contributed by atoms with E-state index in [-0.39, 0.29) is 11.8 Å². The smallest absolute Gasteiger partial charge is 0.329 e. The summed E-state index contributed by atoms with van der Waals surface area (Å²) in [6.45, 7) is 2.77. The molecule has 1 aromatic rings. The fourth-order valence-corrected chi connectivity index (χ4v) is 1.61. The second-order valence-corrected chi connectivity index (χ2v) is 5.11. The van der Waals surface area contributed by atoms with E-state index in [9.17, 15) is 19.5 Å². The van der Waals surface area contributed by atoms with Gasteiger partial charge in [0.05, 0.1) is 12.2 Å². The van der Waals surface area contributed by atoms with E-state index in [4.69, 9.17) is 16.3 Å². The van der Waals surface area contributed by atoms with Crippen LogP contribution in [0.4, 0.5) is 0 Å². The monoisotopic (exact) mass is 340 g/mol. The van der Waals surface area contributed by atoms with Crippen LogP contribution in [0.5, 0.6) is 5.75 Å². The lowest BCUT2D eigenvalue weighted by molar-refractivity contribution is -0.307. The molecule has 0 heterocycles. The third-order valence-corrected chi connectivity index (χ3v) is 2.55. The maximum atomic E-state index is 11.5. The zero-order valence-corrected chi connectivity index (χ0v) is 13.2. The third-order valence-electron chi connectivity index (χ3n) is 2.31.